The third kappa shape index (κ3) is 5.14. The van der Waals surface area contributed by atoms with E-state index >= 15 is 0 Å². The Bertz CT molecular complexity index is 1050. The van der Waals surface area contributed by atoms with Crippen molar-refractivity contribution in [1.29, 1.82) is 0 Å². The van der Waals surface area contributed by atoms with E-state index in [1.54, 1.807) is 25.3 Å². The second kappa shape index (κ2) is 9.08. The van der Waals surface area contributed by atoms with E-state index in [-0.39, 0.29) is 17.9 Å². The molecule has 0 aromatic heterocycles. The number of benzene rings is 2. The highest BCUT2D eigenvalue weighted by molar-refractivity contribution is 7.92. The molecule has 2 rings (SSSR count). The predicted octanol–water partition coefficient (Wildman–Crippen LogP) is 4.32. The number of nitrogens with zero attached hydrogens (tertiary/aromatic N) is 1. The molecule has 0 fully saturated rings. The molecule has 7 heteroatoms. The molecule has 0 spiro atoms. The van der Waals surface area contributed by atoms with Gasteiger partial charge in [0, 0.05) is 12.6 Å². The van der Waals surface area contributed by atoms with Crippen molar-refractivity contribution in [2.75, 3.05) is 24.7 Å². The number of hydrogen-bond acceptors (Lipinski definition) is 4. The van der Waals surface area contributed by atoms with Gasteiger partial charge in [0.15, 0.2) is 0 Å². The fourth-order valence-corrected chi connectivity index (χ4v) is 3.99. The van der Waals surface area contributed by atoms with Gasteiger partial charge in [-0.1, -0.05) is 19.9 Å². The number of carbonyl (C=O) groups excluding carboxylic acids is 1. The number of carbonyl (C=O) groups is 1. The fourth-order valence-electron chi connectivity index (χ4n) is 3.44. The van der Waals surface area contributed by atoms with Gasteiger partial charge in [0.05, 0.1) is 25.1 Å². The molecule has 164 valence electrons. The summed E-state index contributed by atoms with van der Waals surface area (Å²) in [5.41, 5.74) is 4.82. The number of aryl methyl sites for hydroxylation is 2. The molecule has 0 saturated heterocycles. The summed E-state index contributed by atoms with van der Waals surface area (Å²) in [5, 5.41) is 3.03. The van der Waals surface area contributed by atoms with Crippen molar-refractivity contribution in [3.63, 3.8) is 0 Å². The zero-order chi connectivity index (χ0) is 22.8. The predicted molar refractivity (Wildman–Crippen MR) is 122 cm³/mol. The standard InChI is InChI=1S/C23H32N2O4S/c1-14(2)19-13-20(16(4)11-22(19)29-7)17(5)24-23(26)18-10-9-15(3)21(12-18)25(6)30(8,27)28/h9-14,17H,1-8H3,(H,24,26)/t17-/m1/s1. The summed E-state index contributed by atoms with van der Waals surface area (Å²) in [4.78, 5) is 12.9. The molecule has 0 aliphatic rings. The number of methoxy groups -OCH3 is 1. The van der Waals surface area contributed by atoms with E-state index < -0.39 is 10.0 Å². The summed E-state index contributed by atoms with van der Waals surface area (Å²) in [6.07, 6.45) is 1.14. The van der Waals surface area contributed by atoms with Crippen LogP contribution in [0.2, 0.25) is 0 Å². The molecule has 0 bridgehead atoms. The van der Waals surface area contributed by atoms with E-state index in [9.17, 15) is 13.2 Å². The second-order valence-corrected chi connectivity index (χ2v) is 10.0. The lowest BCUT2D eigenvalue weighted by Crippen LogP contribution is -2.29. The Hall–Kier alpha value is -2.54. The summed E-state index contributed by atoms with van der Waals surface area (Å²) in [7, 11) is -0.279. The van der Waals surface area contributed by atoms with Gasteiger partial charge >= 0.3 is 0 Å². The molecule has 0 aliphatic carbocycles. The van der Waals surface area contributed by atoms with Gasteiger partial charge in [-0.2, -0.15) is 0 Å². The Morgan fingerprint density at radius 2 is 1.67 bits per heavy atom. The monoisotopic (exact) mass is 432 g/mol. The molecule has 1 N–H and O–H groups in total. The van der Waals surface area contributed by atoms with Crippen LogP contribution in [0.1, 0.15) is 65.3 Å². The van der Waals surface area contributed by atoms with Crippen LogP contribution in [0.15, 0.2) is 30.3 Å². The third-order valence-corrected chi connectivity index (χ3v) is 6.55. The van der Waals surface area contributed by atoms with Gasteiger partial charge in [-0.3, -0.25) is 9.10 Å². The summed E-state index contributed by atoms with van der Waals surface area (Å²) in [5.74, 6) is 0.872. The maximum Gasteiger partial charge on any atom is 0.251 e. The topological polar surface area (TPSA) is 75.7 Å². The number of sulfonamides is 1. The van der Waals surface area contributed by atoms with E-state index in [1.165, 1.54) is 11.4 Å². The first-order valence-electron chi connectivity index (χ1n) is 9.90. The van der Waals surface area contributed by atoms with Crippen LogP contribution in [0, 0.1) is 13.8 Å². The van der Waals surface area contributed by atoms with Gasteiger partial charge in [0.1, 0.15) is 5.75 Å². The van der Waals surface area contributed by atoms with Gasteiger partial charge < -0.3 is 10.1 Å². The first-order valence-corrected chi connectivity index (χ1v) is 11.8. The fraction of sp³-hybridized carbons (Fsp3) is 0.435. The summed E-state index contributed by atoms with van der Waals surface area (Å²) in [6.45, 7) is 9.96. The largest absolute Gasteiger partial charge is 0.496 e. The van der Waals surface area contributed by atoms with Crippen LogP contribution in [0.4, 0.5) is 5.69 Å². The molecular formula is C23H32N2O4S. The smallest absolute Gasteiger partial charge is 0.251 e. The molecule has 0 unspecified atom stereocenters. The average molecular weight is 433 g/mol. The lowest BCUT2D eigenvalue weighted by molar-refractivity contribution is 0.0940. The first-order chi connectivity index (χ1) is 13.9. The molecule has 0 radical (unpaired) electrons. The van der Waals surface area contributed by atoms with E-state index in [1.807, 2.05) is 26.8 Å². The molecule has 2 aromatic rings. The van der Waals surface area contributed by atoms with Crippen LogP contribution >= 0.6 is 0 Å². The highest BCUT2D eigenvalue weighted by Gasteiger charge is 2.20. The van der Waals surface area contributed by atoms with Crippen molar-refractivity contribution in [3.05, 3.63) is 58.1 Å². The van der Waals surface area contributed by atoms with Crippen molar-refractivity contribution < 1.29 is 17.9 Å². The zero-order valence-electron chi connectivity index (χ0n) is 19.0. The van der Waals surface area contributed by atoms with Crippen molar-refractivity contribution in [3.8, 4) is 5.75 Å². The molecule has 1 atom stereocenters. The van der Waals surface area contributed by atoms with E-state index in [0.717, 1.165) is 34.3 Å². The van der Waals surface area contributed by atoms with E-state index in [2.05, 4.69) is 25.2 Å². The molecule has 0 aliphatic heterocycles. The van der Waals surface area contributed by atoms with E-state index in [0.29, 0.717) is 11.3 Å². The van der Waals surface area contributed by atoms with Crippen LogP contribution < -0.4 is 14.4 Å². The maximum atomic E-state index is 12.9. The van der Waals surface area contributed by atoms with Crippen LogP contribution in [-0.2, 0) is 10.0 Å². The quantitative estimate of drug-likeness (QED) is 0.707. The van der Waals surface area contributed by atoms with Gasteiger partial charge in [0.25, 0.3) is 5.91 Å². The van der Waals surface area contributed by atoms with Gasteiger partial charge in [-0.25, -0.2) is 8.42 Å². The zero-order valence-corrected chi connectivity index (χ0v) is 19.8. The maximum absolute atomic E-state index is 12.9. The van der Waals surface area contributed by atoms with E-state index in [4.69, 9.17) is 4.74 Å². The average Bonchev–Trinajstić information content (AvgIpc) is 2.66. The third-order valence-electron chi connectivity index (χ3n) is 5.36. The Morgan fingerprint density at radius 3 is 2.20 bits per heavy atom. The molecule has 0 heterocycles. The molecule has 2 aromatic carbocycles. The van der Waals surface area contributed by atoms with Crippen molar-refractivity contribution in [2.45, 2.75) is 46.6 Å². The van der Waals surface area contributed by atoms with Gasteiger partial charge in [0.2, 0.25) is 10.0 Å². The van der Waals surface area contributed by atoms with Crippen LogP contribution in [-0.4, -0.2) is 34.7 Å². The number of anilines is 1. The molecule has 1 amide bonds. The van der Waals surface area contributed by atoms with Crippen LogP contribution in [0.5, 0.6) is 5.75 Å². The molecule has 6 nitrogen and oxygen atoms in total. The number of rotatable bonds is 7. The van der Waals surface area contributed by atoms with Crippen molar-refractivity contribution in [2.24, 2.45) is 0 Å². The molecular weight excluding hydrogens is 400 g/mol. The van der Waals surface area contributed by atoms with Crippen molar-refractivity contribution in [1.82, 2.24) is 5.32 Å². The molecule has 30 heavy (non-hydrogen) atoms. The van der Waals surface area contributed by atoms with Crippen LogP contribution in [0.25, 0.3) is 0 Å². The highest BCUT2D eigenvalue weighted by atomic mass is 32.2. The number of amides is 1. The first kappa shape index (κ1) is 23.7. The second-order valence-electron chi connectivity index (χ2n) is 8.03. The minimum absolute atomic E-state index is 0.224. The Labute approximate surface area is 180 Å². The number of nitrogens with one attached hydrogen (secondary N) is 1. The highest BCUT2D eigenvalue weighted by Crippen LogP contribution is 2.32. The number of hydrogen-bond donors (Lipinski definition) is 1. The van der Waals surface area contributed by atoms with Crippen molar-refractivity contribution >= 4 is 21.6 Å². The lowest BCUT2D eigenvalue weighted by Gasteiger charge is -2.22. The summed E-state index contributed by atoms with van der Waals surface area (Å²) >= 11 is 0. The van der Waals surface area contributed by atoms with Gasteiger partial charge in [-0.05, 0) is 73.2 Å². The SMILES string of the molecule is COc1cc(C)c([C@@H](C)NC(=O)c2ccc(C)c(N(C)S(C)(=O)=O)c2)cc1C(C)C. The Morgan fingerprint density at radius 1 is 1.03 bits per heavy atom. The minimum atomic E-state index is -3.42. The summed E-state index contributed by atoms with van der Waals surface area (Å²) < 4.78 is 30.5. The van der Waals surface area contributed by atoms with Gasteiger partial charge in [-0.15, -0.1) is 0 Å². The minimum Gasteiger partial charge on any atom is -0.496 e. The Kier molecular flexibility index (Phi) is 7.18. The summed E-state index contributed by atoms with van der Waals surface area (Å²) in [6, 6.07) is 8.93. The Balaban J connectivity index is 2.34. The number of ether oxygens (including phenoxy) is 1. The normalized spacial score (nSPS) is 12.6. The lowest BCUT2D eigenvalue weighted by atomic mass is 9.93. The molecule has 0 saturated carbocycles. The van der Waals surface area contributed by atoms with Crippen LogP contribution in [0.3, 0.4) is 0 Å².